The second-order valence-electron chi connectivity index (χ2n) is 18.3. The molecule has 2 saturated heterocycles. The highest BCUT2D eigenvalue weighted by Gasteiger charge is 2.51. The van der Waals surface area contributed by atoms with Crippen molar-refractivity contribution in [1.82, 2.24) is 5.32 Å². The van der Waals surface area contributed by atoms with Crippen molar-refractivity contribution >= 4 is 5.91 Å². The lowest BCUT2D eigenvalue weighted by Crippen LogP contribution is -2.65. The lowest BCUT2D eigenvalue weighted by molar-refractivity contribution is -0.359. The number of aliphatic hydroxyl groups is 8. The van der Waals surface area contributed by atoms with Gasteiger partial charge < -0.3 is 65.1 Å². The van der Waals surface area contributed by atoms with Gasteiger partial charge in [-0.15, -0.1) is 0 Å². The molecule has 0 saturated carbocycles. The summed E-state index contributed by atoms with van der Waals surface area (Å²) >= 11 is 0. The summed E-state index contributed by atoms with van der Waals surface area (Å²) < 4.78 is 22.6. The van der Waals surface area contributed by atoms with Gasteiger partial charge in [0, 0.05) is 6.42 Å². The van der Waals surface area contributed by atoms with Crippen molar-refractivity contribution in [3.63, 3.8) is 0 Å². The molecule has 14 heteroatoms. The van der Waals surface area contributed by atoms with Crippen molar-refractivity contribution < 1.29 is 64.6 Å². The Balaban J connectivity index is 1.85. The molecule has 66 heavy (non-hydrogen) atoms. The van der Waals surface area contributed by atoms with Gasteiger partial charge in [-0.3, -0.25) is 4.79 Å². The molecule has 1 amide bonds. The highest BCUT2D eigenvalue weighted by Crippen LogP contribution is 2.30. The van der Waals surface area contributed by atoms with E-state index < -0.39 is 86.8 Å². The van der Waals surface area contributed by atoms with Crippen molar-refractivity contribution in [3.05, 3.63) is 48.6 Å². The van der Waals surface area contributed by atoms with E-state index in [1.54, 1.807) is 6.08 Å². The fraction of sp³-hybridized carbons (Fsp3) is 0.827. The lowest BCUT2D eigenvalue weighted by atomic mass is 9.97. The Bertz CT molecular complexity index is 1290. The van der Waals surface area contributed by atoms with E-state index in [4.69, 9.17) is 18.9 Å². The van der Waals surface area contributed by atoms with Crippen LogP contribution in [-0.4, -0.2) is 140 Å². The predicted molar refractivity (Wildman–Crippen MR) is 258 cm³/mol. The van der Waals surface area contributed by atoms with Crippen LogP contribution in [0.25, 0.3) is 0 Å². The maximum atomic E-state index is 13.1. The van der Waals surface area contributed by atoms with Crippen LogP contribution in [0.2, 0.25) is 0 Å². The summed E-state index contributed by atoms with van der Waals surface area (Å²) in [5.74, 6) is -0.267. The molecular weight excluding hydrogens is 847 g/mol. The second-order valence-corrected chi connectivity index (χ2v) is 18.3. The number of rotatable bonds is 39. The number of carbonyl (C=O) groups excluding carboxylic acids is 1. The molecule has 0 spiro atoms. The third kappa shape index (κ3) is 25.5. The van der Waals surface area contributed by atoms with Crippen LogP contribution in [0.4, 0.5) is 0 Å². The summed E-state index contributed by atoms with van der Waals surface area (Å²) in [4.78, 5) is 13.1. The third-order valence-corrected chi connectivity index (χ3v) is 12.5. The number of carbonyl (C=O) groups is 1. The Morgan fingerprint density at radius 2 is 0.985 bits per heavy atom. The Labute approximate surface area is 397 Å². The monoisotopic (exact) mass is 940 g/mol. The summed E-state index contributed by atoms with van der Waals surface area (Å²) in [5.41, 5.74) is 0. The number of aliphatic hydroxyl groups excluding tert-OH is 8. The Hall–Kier alpha value is -2.05. The summed E-state index contributed by atoms with van der Waals surface area (Å²) in [6.45, 7) is 2.70. The van der Waals surface area contributed by atoms with E-state index >= 15 is 0 Å². The number of nitrogens with one attached hydrogen (secondary N) is 1. The number of amides is 1. The normalized spacial score (nSPS) is 27.2. The molecule has 9 N–H and O–H groups in total. The predicted octanol–water partition coefficient (Wildman–Crippen LogP) is 6.88. The molecule has 2 rings (SSSR count). The average Bonchev–Trinajstić information content (AvgIpc) is 3.31. The molecule has 2 aliphatic heterocycles. The highest BCUT2D eigenvalue weighted by atomic mass is 16.7. The standard InChI is InChI=1S/C52H93NO13/c1-3-5-7-9-11-13-15-16-17-18-19-20-21-22-23-24-26-27-29-31-33-35-41(56)40(53-44(57)36-34-32-30-28-25-14-12-10-8-6-4-2)39-63-51-49(62)47(60)50(43(38-55)65-51)66-52-48(61)46(59)45(58)42(37-54)64-52/h10,12,21-22,26-27,33,35,40-43,45-52,54-56,58-62H,3-9,11,13-20,23-25,28-32,34,36-39H2,1-2H3,(H,53,57)/b12-10-,22-21+,27-26+,35-33+. The van der Waals surface area contributed by atoms with Crippen molar-refractivity contribution in [3.8, 4) is 0 Å². The molecule has 384 valence electrons. The zero-order valence-electron chi connectivity index (χ0n) is 40.7. The fourth-order valence-corrected chi connectivity index (χ4v) is 8.18. The van der Waals surface area contributed by atoms with Gasteiger partial charge in [-0.1, -0.05) is 159 Å². The Morgan fingerprint density at radius 1 is 0.530 bits per heavy atom. The van der Waals surface area contributed by atoms with Gasteiger partial charge in [0.1, 0.15) is 48.8 Å². The minimum atomic E-state index is -1.79. The van der Waals surface area contributed by atoms with E-state index in [1.165, 1.54) is 83.5 Å². The van der Waals surface area contributed by atoms with Gasteiger partial charge in [0.25, 0.3) is 0 Å². The molecule has 0 radical (unpaired) electrons. The minimum absolute atomic E-state index is 0.258. The SMILES string of the molecule is CCCC/C=C\CCCCCCCC(=O)NC(COC1OC(CO)C(OC2OC(CO)C(O)C(O)C2O)C(O)C1O)C(O)/C=C/CC/C=C/CC/C=C/CCCCCCCCCCCCC. The quantitative estimate of drug-likeness (QED) is 0.0227. The summed E-state index contributed by atoms with van der Waals surface area (Å²) in [6.07, 6.45) is 28.8. The van der Waals surface area contributed by atoms with Gasteiger partial charge in [0.05, 0.1) is 32.0 Å². The van der Waals surface area contributed by atoms with Gasteiger partial charge in [-0.05, 0) is 64.2 Å². The van der Waals surface area contributed by atoms with Crippen LogP contribution in [0.15, 0.2) is 48.6 Å². The van der Waals surface area contributed by atoms with Crippen molar-refractivity contribution in [2.24, 2.45) is 0 Å². The fourth-order valence-electron chi connectivity index (χ4n) is 8.18. The Kier molecular flexibility index (Phi) is 35.3. The number of allylic oxidation sites excluding steroid dienone is 7. The van der Waals surface area contributed by atoms with E-state index in [9.17, 15) is 45.6 Å². The largest absolute Gasteiger partial charge is 0.394 e. The highest BCUT2D eigenvalue weighted by molar-refractivity contribution is 5.76. The number of hydrogen-bond acceptors (Lipinski definition) is 13. The van der Waals surface area contributed by atoms with Gasteiger partial charge in [-0.25, -0.2) is 0 Å². The molecular formula is C52H93NO13. The summed E-state index contributed by atoms with van der Waals surface area (Å²) in [6, 6.07) is -0.940. The first-order chi connectivity index (χ1) is 32.1. The van der Waals surface area contributed by atoms with Crippen molar-refractivity contribution in [2.75, 3.05) is 19.8 Å². The van der Waals surface area contributed by atoms with Crippen LogP contribution in [0.3, 0.4) is 0 Å². The third-order valence-electron chi connectivity index (χ3n) is 12.5. The van der Waals surface area contributed by atoms with Gasteiger partial charge in [-0.2, -0.15) is 0 Å². The van der Waals surface area contributed by atoms with Crippen LogP contribution in [0.5, 0.6) is 0 Å². The zero-order chi connectivity index (χ0) is 48.2. The number of hydrogen-bond donors (Lipinski definition) is 9. The van der Waals surface area contributed by atoms with Gasteiger partial charge in [0.2, 0.25) is 5.91 Å². The summed E-state index contributed by atoms with van der Waals surface area (Å²) in [7, 11) is 0. The Morgan fingerprint density at radius 3 is 1.53 bits per heavy atom. The molecule has 2 heterocycles. The van der Waals surface area contributed by atoms with Gasteiger partial charge >= 0.3 is 0 Å². The van der Waals surface area contributed by atoms with Crippen molar-refractivity contribution in [1.29, 1.82) is 0 Å². The number of unbranched alkanes of at least 4 members (excludes halogenated alkanes) is 20. The van der Waals surface area contributed by atoms with Crippen LogP contribution < -0.4 is 5.32 Å². The van der Waals surface area contributed by atoms with Crippen LogP contribution in [0.1, 0.15) is 181 Å². The molecule has 0 bridgehead atoms. The van der Waals surface area contributed by atoms with E-state index in [-0.39, 0.29) is 18.9 Å². The van der Waals surface area contributed by atoms with E-state index in [0.29, 0.717) is 12.8 Å². The molecule has 2 aliphatic rings. The van der Waals surface area contributed by atoms with Crippen LogP contribution >= 0.6 is 0 Å². The molecule has 12 unspecified atom stereocenters. The van der Waals surface area contributed by atoms with E-state index in [2.05, 4.69) is 55.6 Å². The maximum absolute atomic E-state index is 13.1. The minimum Gasteiger partial charge on any atom is -0.394 e. The zero-order valence-corrected chi connectivity index (χ0v) is 40.7. The first-order valence-electron chi connectivity index (χ1n) is 25.9. The van der Waals surface area contributed by atoms with E-state index in [0.717, 1.165) is 64.2 Å². The first kappa shape index (κ1) is 60.1. The molecule has 0 aliphatic carbocycles. The molecule has 0 aromatic rings. The first-order valence-corrected chi connectivity index (χ1v) is 25.9. The molecule has 0 aromatic carbocycles. The smallest absolute Gasteiger partial charge is 0.220 e. The number of ether oxygens (including phenoxy) is 4. The molecule has 14 nitrogen and oxygen atoms in total. The molecule has 2 fully saturated rings. The van der Waals surface area contributed by atoms with E-state index in [1.807, 2.05) is 6.08 Å². The average molecular weight is 940 g/mol. The topological polar surface area (TPSA) is 228 Å². The maximum Gasteiger partial charge on any atom is 0.220 e. The second kappa shape index (κ2) is 38.8. The van der Waals surface area contributed by atoms with Gasteiger partial charge in [0.15, 0.2) is 12.6 Å². The van der Waals surface area contributed by atoms with Crippen LogP contribution in [-0.2, 0) is 23.7 Å². The summed E-state index contributed by atoms with van der Waals surface area (Å²) in [5, 5.41) is 86.6. The van der Waals surface area contributed by atoms with Crippen molar-refractivity contribution in [2.45, 2.75) is 254 Å². The molecule has 0 aromatic heterocycles. The lowest BCUT2D eigenvalue weighted by Gasteiger charge is -2.46. The molecule has 12 atom stereocenters. The van der Waals surface area contributed by atoms with Crippen LogP contribution in [0, 0.1) is 0 Å².